The van der Waals surface area contributed by atoms with Crippen LogP contribution in [0.5, 0.6) is 0 Å². The zero-order valence-corrected chi connectivity index (χ0v) is 26.4. The van der Waals surface area contributed by atoms with Crippen LogP contribution in [0.2, 0.25) is 0 Å². The molecule has 204 valence electrons. The quantitative estimate of drug-likeness (QED) is 0.114. The van der Waals surface area contributed by atoms with Crippen LogP contribution in [-0.2, 0) is 0 Å². The highest BCUT2D eigenvalue weighted by Gasteiger charge is 2.45. The topological polar surface area (TPSA) is 0 Å². The molecule has 0 aliphatic carbocycles. The molecule has 4 aromatic carbocycles. The summed E-state index contributed by atoms with van der Waals surface area (Å²) in [6.07, 6.45) is 10.3. The molecular weight excluding hydrogens is 506 g/mol. The third-order valence-electron chi connectivity index (χ3n) is 8.34. The fraction of sp³-hybridized carbons (Fsp3) is 0.351. The molecule has 4 rings (SSSR count). The van der Waals surface area contributed by atoms with Crippen LogP contribution in [0.4, 0.5) is 0 Å². The molecule has 0 nitrogen and oxygen atoms in total. The molecule has 0 heterocycles. The monoisotopic (exact) mass is 554 g/mol. The molecule has 0 saturated carbocycles. The van der Waals surface area contributed by atoms with E-state index < -0.39 is 14.5 Å². The standard InChI is InChI=1S/C37H48P2/c1-5-38(33-21-10-6-11-22-33,34-23-12-7-13-24-34)31-20-32-39(35-25-14-8-15-26-35,36-27-16-9-17-28-36)30-19-18-29-37(2,3)4/h6-17,21-28H,5,18-20,29-32H2,1-4H3/q+2. The highest BCUT2D eigenvalue weighted by atomic mass is 31.2. The van der Waals surface area contributed by atoms with Gasteiger partial charge in [-0.15, -0.1) is 0 Å². The van der Waals surface area contributed by atoms with E-state index >= 15 is 0 Å². The van der Waals surface area contributed by atoms with Gasteiger partial charge in [0, 0.05) is 6.42 Å². The van der Waals surface area contributed by atoms with E-state index in [1.807, 2.05) is 0 Å². The highest BCUT2D eigenvalue weighted by molar-refractivity contribution is 7.90. The number of unbranched alkanes of at least 4 members (excludes halogenated alkanes) is 1. The van der Waals surface area contributed by atoms with Crippen molar-refractivity contribution in [3.8, 4) is 0 Å². The van der Waals surface area contributed by atoms with E-state index in [1.165, 1.54) is 50.3 Å². The largest absolute Gasteiger partial charge is 0.0991 e. The van der Waals surface area contributed by atoms with Crippen molar-refractivity contribution in [3.63, 3.8) is 0 Å². The van der Waals surface area contributed by atoms with Crippen molar-refractivity contribution in [2.45, 2.75) is 53.4 Å². The molecule has 0 bridgehead atoms. The Hall–Kier alpha value is -2.26. The lowest BCUT2D eigenvalue weighted by molar-refractivity contribution is 0.364. The van der Waals surface area contributed by atoms with Crippen molar-refractivity contribution >= 4 is 35.7 Å². The smallest absolute Gasteiger partial charge is 0.0620 e. The van der Waals surface area contributed by atoms with Gasteiger partial charge in [0.2, 0.25) is 0 Å². The lowest BCUT2D eigenvalue weighted by Crippen LogP contribution is -2.30. The van der Waals surface area contributed by atoms with Gasteiger partial charge in [-0.05, 0) is 80.1 Å². The Morgan fingerprint density at radius 3 is 1.13 bits per heavy atom. The lowest BCUT2D eigenvalue weighted by Gasteiger charge is -2.30. The number of hydrogen-bond donors (Lipinski definition) is 0. The summed E-state index contributed by atoms with van der Waals surface area (Å²) in [5, 5.41) is 6.30. The second kappa shape index (κ2) is 13.9. The Balaban J connectivity index is 1.69. The second-order valence-corrected chi connectivity index (χ2v) is 20.0. The van der Waals surface area contributed by atoms with Gasteiger partial charge in [0.05, 0.1) is 60.4 Å². The minimum atomic E-state index is -1.54. The molecule has 0 aliphatic heterocycles. The summed E-state index contributed by atoms with van der Waals surface area (Å²) >= 11 is 0. The van der Waals surface area contributed by atoms with Crippen molar-refractivity contribution in [3.05, 3.63) is 121 Å². The average molecular weight is 555 g/mol. The number of hydrogen-bond acceptors (Lipinski definition) is 0. The van der Waals surface area contributed by atoms with Crippen LogP contribution < -0.4 is 21.2 Å². The first-order valence-electron chi connectivity index (χ1n) is 14.9. The van der Waals surface area contributed by atoms with Crippen molar-refractivity contribution in [1.82, 2.24) is 0 Å². The first kappa shape index (κ1) is 29.7. The van der Waals surface area contributed by atoms with E-state index in [0.29, 0.717) is 5.41 Å². The third-order valence-corrected chi connectivity index (χ3v) is 17.8. The summed E-state index contributed by atoms with van der Waals surface area (Å²) < 4.78 is 0. The molecule has 0 spiro atoms. The van der Waals surface area contributed by atoms with E-state index in [-0.39, 0.29) is 0 Å². The first-order valence-corrected chi connectivity index (χ1v) is 19.2. The Bertz CT molecular complexity index is 1150. The van der Waals surface area contributed by atoms with Gasteiger partial charge >= 0.3 is 0 Å². The van der Waals surface area contributed by atoms with E-state index in [2.05, 4.69) is 149 Å². The molecule has 0 aliphatic rings. The van der Waals surface area contributed by atoms with Crippen LogP contribution in [0.1, 0.15) is 53.4 Å². The van der Waals surface area contributed by atoms with Crippen molar-refractivity contribution in [2.75, 3.05) is 24.6 Å². The molecule has 0 amide bonds. The molecule has 0 unspecified atom stereocenters. The molecule has 0 radical (unpaired) electrons. The first-order chi connectivity index (χ1) is 18.9. The zero-order valence-electron chi connectivity index (χ0n) is 24.6. The number of benzene rings is 4. The Morgan fingerprint density at radius 1 is 0.436 bits per heavy atom. The van der Waals surface area contributed by atoms with Crippen LogP contribution in [0.15, 0.2) is 121 Å². The SMILES string of the molecule is CC[P+](CCC[P+](CCCCC(C)(C)C)(c1ccccc1)c1ccccc1)(c1ccccc1)c1ccccc1. The van der Waals surface area contributed by atoms with Crippen LogP contribution in [0, 0.1) is 5.41 Å². The van der Waals surface area contributed by atoms with E-state index in [0.717, 1.165) is 0 Å². The van der Waals surface area contributed by atoms with Crippen LogP contribution in [-0.4, -0.2) is 24.6 Å². The predicted molar refractivity (Wildman–Crippen MR) is 181 cm³/mol. The summed E-state index contributed by atoms with van der Waals surface area (Å²) in [5.74, 6) is 0. The Labute approximate surface area is 240 Å². The maximum Gasteiger partial charge on any atom is 0.0991 e. The van der Waals surface area contributed by atoms with Crippen molar-refractivity contribution in [1.29, 1.82) is 0 Å². The summed E-state index contributed by atoms with van der Waals surface area (Å²) in [5.41, 5.74) is 0.400. The maximum atomic E-state index is 2.43. The molecule has 4 aromatic rings. The molecule has 0 fully saturated rings. The maximum absolute atomic E-state index is 2.43. The van der Waals surface area contributed by atoms with Gasteiger partial charge in [-0.1, -0.05) is 93.6 Å². The average Bonchev–Trinajstić information content (AvgIpc) is 2.98. The van der Waals surface area contributed by atoms with Gasteiger partial charge in [0.1, 0.15) is 0 Å². The van der Waals surface area contributed by atoms with Crippen LogP contribution in [0.25, 0.3) is 0 Å². The molecule has 39 heavy (non-hydrogen) atoms. The van der Waals surface area contributed by atoms with Gasteiger partial charge in [0.15, 0.2) is 0 Å². The van der Waals surface area contributed by atoms with Crippen molar-refractivity contribution < 1.29 is 0 Å². The molecule has 0 saturated heterocycles. The third kappa shape index (κ3) is 7.48. The van der Waals surface area contributed by atoms with Gasteiger partial charge in [-0.2, -0.15) is 0 Å². The van der Waals surface area contributed by atoms with E-state index in [9.17, 15) is 0 Å². The van der Waals surface area contributed by atoms with Gasteiger partial charge in [-0.3, -0.25) is 0 Å². The zero-order chi connectivity index (χ0) is 27.6. The summed E-state index contributed by atoms with van der Waals surface area (Å²) in [6.45, 7) is 9.57. The molecular formula is C37H48P2+2. The summed E-state index contributed by atoms with van der Waals surface area (Å²) in [4.78, 5) is 0. The highest BCUT2D eigenvalue weighted by Crippen LogP contribution is 2.61. The van der Waals surface area contributed by atoms with E-state index in [4.69, 9.17) is 0 Å². The lowest BCUT2D eigenvalue weighted by atomic mass is 9.90. The van der Waals surface area contributed by atoms with E-state index in [1.54, 1.807) is 21.2 Å². The molecule has 0 atom stereocenters. The fourth-order valence-electron chi connectivity index (χ4n) is 6.21. The Kier molecular flexibility index (Phi) is 10.6. The van der Waals surface area contributed by atoms with Crippen LogP contribution >= 0.6 is 14.5 Å². The van der Waals surface area contributed by atoms with Crippen molar-refractivity contribution in [2.24, 2.45) is 5.41 Å². The fourth-order valence-corrected chi connectivity index (χ4v) is 15.0. The Morgan fingerprint density at radius 2 is 0.769 bits per heavy atom. The van der Waals surface area contributed by atoms with Crippen LogP contribution in [0.3, 0.4) is 0 Å². The van der Waals surface area contributed by atoms with Gasteiger partial charge in [-0.25, -0.2) is 0 Å². The minimum absolute atomic E-state index is 0.400. The second-order valence-electron chi connectivity index (χ2n) is 12.1. The summed E-state index contributed by atoms with van der Waals surface area (Å²) in [6, 6.07) is 46.0. The predicted octanol–water partition coefficient (Wildman–Crippen LogP) is 8.95. The molecule has 0 N–H and O–H groups in total. The minimum Gasteiger partial charge on any atom is -0.0620 e. The normalized spacial score (nSPS) is 12.4. The summed E-state index contributed by atoms with van der Waals surface area (Å²) in [7, 11) is -3.03. The number of rotatable bonds is 13. The molecule has 2 heteroatoms. The van der Waals surface area contributed by atoms with Gasteiger partial charge < -0.3 is 0 Å². The van der Waals surface area contributed by atoms with Gasteiger partial charge in [0.25, 0.3) is 0 Å². The molecule has 0 aromatic heterocycles.